The van der Waals surface area contributed by atoms with Gasteiger partial charge in [0, 0.05) is 6.42 Å². The predicted molar refractivity (Wildman–Crippen MR) is 74.6 cm³/mol. The van der Waals surface area contributed by atoms with Crippen molar-refractivity contribution in [1.29, 1.82) is 0 Å². The second kappa shape index (κ2) is 5.26. The van der Waals surface area contributed by atoms with E-state index in [1.54, 1.807) is 0 Å². The van der Waals surface area contributed by atoms with E-state index >= 15 is 0 Å². The highest BCUT2D eigenvalue weighted by Crippen LogP contribution is 2.39. The summed E-state index contributed by atoms with van der Waals surface area (Å²) in [5.41, 5.74) is 2.49. The highest BCUT2D eigenvalue weighted by atomic mass is 32.2. The Bertz CT molecular complexity index is 388. The molecule has 1 heterocycles. The van der Waals surface area contributed by atoms with Gasteiger partial charge in [0.2, 0.25) is 0 Å². The summed E-state index contributed by atoms with van der Waals surface area (Å²) in [6.07, 6.45) is 3.88. The lowest BCUT2D eigenvalue weighted by molar-refractivity contribution is -0.120. The minimum Gasteiger partial charge on any atom is -0.298 e. The van der Waals surface area contributed by atoms with Crippen molar-refractivity contribution < 1.29 is 4.79 Å². The molecular weight excluding hydrogens is 228 g/mol. The Kier molecular flexibility index (Phi) is 3.93. The van der Waals surface area contributed by atoms with Gasteiger partial charge in [-0.25, -0.2) is 0 Å². The fraction of sp³-hybridized carbons (Fsp3) is 0.533. The molecule has 1 aliphatic heterocycles. The Balaban J connectivity index is 2.02. The summed E-state index contributed by atoms with van der Waals surface area (Å²) >= 11 is 1.83. The highest BCUT2D eigenvalue weighted by molar-refractivity contribution is 8.01. The zero-order valence-corrected chi connectivity index (χ0v) is 11.5. The molecule has 1 unspecified atom stereocenters. The number of benzene rings is 1. The summed E-state index contributed by atoms with van der Waals surface area (Å²) in [5, 5.41) is 0. The number of rotatable bonds is 4. The van der Waals surface area contributed by atoms with Crippen LogP contribution in [0.1, 0.15) is 37.8 Å². The SMILES string of the molecule is CCc1ccc(CC(=O)C2(C)CCCS2)cc1. The summed E-state index contributed by atoms with van der Waals surface area (Å²) in [4.78, 5) is 12.3. The van der Waals surface area contributed by atoms with Crippen LogP contribution in [0.2, 0.25) is 0 Å². The molecule has 0 N–H and O–H groups in total. The van der Waals surface area contributed by atoms with Gasteiger partial charge < -0.3 is 0 Å². The minimum atomic E-state index is -0.122. The first kappa shape index (κ1) is 12.7. The molecule has 2 rings (SSSR count). The Labute approximate surface area is 108 Å². The van der Waals surface area contributed by atoms with Gasteiger partial charge in [0.15, 0.2) is 5.78 Å². The maximum absolute atomic E-state index is 12.3. The summed E-state index contributed by atoms with van der Waals surface area (Å²) < 4.78 is -0.122. The highest BCUT2D eigenvalue weighted by Gasteiger charge is 2.36. The molecule has 1 aliphatic rings. The lowest BCUT2D eigenvalue weighted by Crippen LogP contribution is -2.30. The Morgan fingerprint density at radius 2 is 1.94 bits per heavy atom. The van der Waals surface area contributed by atoms with E-state index in [0.29, 0.717) is 12.2 Å². The third-order valence-electron chi connectivity index (χ3n) is 3.60. The molecule has 1 nitrogen and oxygen atoms in total. The van der Waals surface area contributed by atoms with Crippen LogP contribution < -0.4 is 0 Å². The van der Waals surface area contributed by atoms with Crippen molar-refractivity contribution >= 4 is 17.5 Å². The maximum Gasteiger partial charge on any atom is 0.152 e. The molecule has 1 aromatic rings. The fourth-order valence-corrected chi connectivity index (χ4v) is 3.53. The van der Waals surface area contributed by atoms with Gasteiger partial charge in [-0.2, -0.15) is 0 Å². The van der Waals surface area contributed by atoms with Gasteiger partial charge in [-0.15, -0.1) is 11.8 Å². The number of hydrogen-bond donors (Lipinski definition) is 0. The molecule has 0 aromatic heterocycles. The predicted octanol–water partition coefficient (Wildman–Crippen LogP) is 3.65. The van der Waals surface area contributed by atoms with E-state index in [1.165, 1.54) is 12.0 Å². The van der Waals surface area contributed by atoms with Crippen LogP contribution in [0.5, 0.6) is 0 Å². The Morgan fingerprint density at radius 3 is 2.47 bits per heavy atom. The standard InChI is InChI=1S/C15H20OS/c1-3-12-5-7-13(8-6-12)11-14(16)15(2)9-4-10-17-15/h5-8H,3-4,9-11H2,1-2H3. The van der Waals surface area contributed by atoms with Crippen LogP contribution in [0.4, 0.5) is 0 Å². The molecular formula is C15H20OS. The van der Waals surface area contributed by atoms with Crippen LogP contribution in [0.15, 0.2) is 24.3 Å². The largest absolute Gasteiger partial charge is 0.298 e. The van der Waals surface area contributed by atoms with Gasteiger partial charge in [-0.05, 0) is 43.1 Å². The van der Waals surface area contributed by atoms with E-state index in [1.807, 2.05) is 11.8 Å². The van der Waals surface area contributed by atoms with Crippen molar-refractivity contribution in [3.05, 3.63) is 35.4 Å². The first-order valence-corrected chi connectivity index (χ1v) is 7.38. The van der Waals surface area contributed by atoms with Gasteiger partial charge in [-0.3, -0.25) is 4.79 Å². The molecule has 0 aliphatic carbocycles. The maximum atomic E-state index is 12.3. The lowest BCUT2D eigenvalue weighted by atomic mass is 9.94. The van der Waals surface area contributed by atoms with Crippen LogP contribution in [-0.4, -0.2) is 16.3 Å². The van der Waals surface area contributed by atoms with Crippen LogP contribution in [-0.2, 0) is 17.6 Å². The average Bonchev–Trinajstić information content (AvgIpc) is 2.78. The molecule has 0 spiro atoms. The molecule has 1 atom stereocenters. The van der Waals surface area contributed by atoms with Crippen molar-refractivity contribution in [2.45, 2.75) is 44.3 Å². The van der Waals surface area contributed by atoms with Gasteiger partial charge in [-0.1, -0.05) is 31.2 Å². The summed E-state index contributed by atoms with van der Waals surface area (Å²) in [6.45, 7) is 4.25. The number of aryl methyl sites for hydroxylation is 1. The van der Waals surface area contributed by atoms with E-state index in [0.717, 1.165) is 24.2 Å². The van der Waals surface area contributed by atoms with Crippen LogP contribution in [0.3, 0.4) is 0 Å². The van der Waals surface area contributed by atoms with E-state index in [9.17, 15) is 4.79 Å². The molecule has 0 saturated carbocycles. The number of thioether (sulfide) groups is 1. The molecule has 1 saturated heterocycles. The zero-order chi connectivity index (χ0) is 12.3. The van der Waals surface area contributed by atoms with E-state index in [-0.39, 0.29) is 4.75 Å². The van der Waals surface area contributed by atoms with E-state index in [4.69, 9.17) is 0 Å². The summed E-state index contributed by atoms with van der Waals surface area (Å²) in [6, 6.07) is 8.46. The van der Waals surface area contributed by atoms with Crippen molar-refractivity contribution in [2.24, 2.45) is 0 Å². The number of carbonyl (C=O) groups excluding carboxylic acids is 1. The van der Waals surface area contributed by atoms with Crippen LogP contribution in [0, 0.1) is 0 Å². The number of Topliss-reactive ketones (excluding diaryl/α,β-unsaturated/α-hetero) is 1. The normalized spacial score (nSPS) is 23.9. The minimum absolute atomic E-state index is 0.122. The molecule has 0 amide bonds. The van der Waals surface area contributed by atoms with Crippen molar-refractivity contribution in [3.8, 4) is 0 Å². The number of carbonyl (C=O) groups is 1. The number of hydrogen-bond acceptors (Lipinski definition) is 2. The average molecular weight is 248 g/mol. The quantitative estimate of drug-likeness (QED) is 0.809. The van der Waals surface area contributed by atoms with Crippen molar-refractivity contribution in [2.75, 3.05) is 5.75 Å². The Morgan fingerprint density at radius 1 is 1.29 bits per heavy atom. The van der Waals surface area contributed by atoms with Gasteiger partial charge in [0.1, 0.15) is 0 Å². The van der Waals surface area contributed by atoms with Crippen LogP contribution >= 0.6 is 11.8 Å². The van der Waals surface area contributed by atoms with E-state index < -0.39 is 0 Å². The van der Waals surface area contributed by atoms with Gasteiger partial charge in [0.25, 0.3) is 0 Å². The second-order valence-corrected chi connectivity index (χ2v) is 6.55. The third-order valence-corrected chi connectivity index (χ3v) is 5.17. The monoisotopic (exact) mass is 248 g/mol. The summed E-state index contributed by atoms with van der Waals surface area (Å²) in [7, 11) is 0. The molecule has 2 heteroatoms. The van der Waals surface area contributed by atoms with Gasteiger partial charge >= 0.3 is 0 Å². The fourth-order valence-electron chi connectivity index (χ4n) is 2.26. The molecule has 92 valence electrons. The summed E-state index contributed by atoms with van der Waals surface area (Å²) in [5.74, 6) is 1.53. The lowest BCUT2D eigenvalue weighted by Gasteiger charge is -2.20. The second-order valence-electron chi connectivity index (χ2n) is 4.95. The first-order chi connectivity index (χ1) is 8.14. The van der Waals surface area contributed by atoms with E-state index in [2.05, 4.69) is 38.1 Å². The van der Waals surface area contributed by atoms with Crippen molar-refractivity contribution in [3.63, 3.8) is 0 Å². The first-order valence-electron chi connectivity index (χ1n) is 6.39. The molecule has 1 fully saturated rings. The topological polar surface area (TPSA) is 17.1 Å². The third kappa shape index (κ3) is 2.92. The van der Waals surface area contributed by atoms with Crippen LogP contribution in [0.25, 0.3) is 0 Å². The number of ketones is 1. The smallest absolute Gasteiger partial charge is 0.152 e. The molecule has 0 bridgehead atoms. The molecule has 17 heavy (non-hydrogen) atoms. The van der Waals surface area contributed by atoms with Gasteiger partial charge in [0.05, 0.1) is 4.75 Å². The molecule has 0 radical (unpaired) electrons. The Hall–Kier alpha value is -0.760. The van der Waals surface area contributed by atoms with Crippen molar-refractivity contribution in [1.82, 2.24) is 0 Å². The zero-order valence-electron chi connectivity index (χ0n) is 10.7. The molecule has 1 aromatic carbocycles.